The van der Waals surface area contributed by atoms with E-state index < -0.39 is 46.8 Å². The van der Waals surface area contributed by atoms with Crippen molar-refractivity contribution in [3.05, 3.63) is 48.0 Å². The summed E-state index contributed by atoms with van der Waals surface area (Å²) in [6, 6.07) is 10.3. The number of aliphatic carboxylic acids is 1. The number of sulfonamides is 1. The highest BCUT2D eigenvalue weighted by Crippen LogP contribution is 2.51. The number of hydrogen-bond donors (Lipinski definition) is 3. The molecule has 9 nitrogen and oxygen atoms in total. The molecule has 4 rings (SSSR count). The molecule has 1 aliphatic heterocycles. The lowest BCUT2D eigenvalue weighted by atomic mass is 9.94. The third kappa shape index (κ3) is 3.69. The van der Waals surface area contributed by atoms with Gasteiger partial charge in [0, 0.05) is 24.0 Å². The Bertz CT molecular complexity index is 1070. The summed E-state index contributed by atoms with van der Waals surface area (Å²) in [5, 5.41) is 19.4. The van der Waals surface area contributed by atoms with Crippen molar-refractivity contribution < 1.29 is 37.6 Å². The number of para-hydroxylation sites is 1. The average molecular weight is 435 g/mol. The average Bonchev–Trinajstić information content (AvgIpc) is 3.22. The van der Waals surface area contributed by atoms with Crippen LogP contribution in [-0.2, 0) is 14.8 Å². The number of hydrogen-bond acceptors (Lipinski definition) is 7. The first-order valence-corrected chi connectivity index (χ1v) is 10.8. The van der Waals surface area contributed by atoms with Gasteiger partial charge in [0.1, 0.15) is 11.9 Å². The van der Waals surface area contributed by atoms with Crippen LogP contribution in [0, 0.1) is 0 Å². The van der Waals surface area contributed by atoms with E-state index >= 15 is 0 Å². The summed E-state index contributed by atoms with van der Waals surface area (Å²) in [5.41, 5.74) is 0.665. The Morgan fingerprint density at radius 3 is 2.77 bits per heavy atom. The summed E-state index contributed by atoms with van der Waals surface area (Å²) in [7, 11) is -2.49. The number of carboxylic acids is 1. The molecule has 2 aromatic rings. The number of benzene rings is 2. The Hall–Kier alpha value is -2.82. The van der Waals surface area contributed by atoms with Gasteiger partial charge in [-0.3, -0.25) is 0 Å². The zero-order valence-electron chi connectivity index (χ0n) is 16.0. The van der Waals surface area contributed by atoms with Crippen LogP contribution in [0.3, 0.4) is 0 Å². The van der Waals surface area contributed by atoms with Crippen molar-refractivity contribution in [1.82, 2.24) is 4.72 Å². The van der Waals surface area contributed by atoms with E-state index in [4.69, 9.17) is 19.3 Å². The normalized spacial score (nSPS) is 24.6. The standard InChI is InChI=1S/C20H21NO8S/c1-27-11-4-2-5-12(8-11)30(25,26)21-19-14(22)9-16-18(19)13-6-3-7-15(20(13)29-16)28-10-17(23)24/h2-8,14,16,18-19,21-22H,9-10H2,1H3,(H,23,24). The molecular formula is C20H21NO8S. The monoisotopic (exact) mass is 435 g/mol. The van der Waals surface area contributed by atoms with Crippen LogP contribution in [0.4, 0.5) is 0 Å². The Morgan fingerprint density at radius 1 is 1.27 bits per heavy atom. The van der Waals surface area contributed by atoms with Gasteiger partial charge in [0.2, 0.25) is 10.0 Å². The lowest BCUT2D eigenvalue weighted by molar-refractivity contribution is -0.139. The molecule has 160 valence electrons. The molecule has 4 atom stereocenters. The van der Waals surface area contributed by atoms with Crippen LogP contribution >= 0.6 is 0 Å². The van der Waals surface area contributed by atoms with Gasteiger partial charge in [0.05, 0.1) is 24.2 Å². The minimum absolute atomic E-state index is 0.0233. The van der Waals surface area contributed by atoms with Crippen LogP contribution in [0.15, 0.2) is 47.4 Å². The van der Waals surface area contributed by atoms with Gasteiger partial charge < -0.3 is 24.4 Å². The van der Waals surface area contributed by atoms with Crippen molar-refractivity contribution in [3.8, 4) is 17.2 Å². The van der Waals surface area contributed by atoms with Crippen LogP contribution < -0.4 is 18.9 Å². The fourth-order valence-corrected chi connectivity index (χ4v) is 5.34. The predicted octanol–water partition coefficient (Wildman–Crippen LogP) is 1.11. The van der Waals surface area contributed by atoms with Gasteiger partial charge >= 0.3 is 5.97 Å². The molecule has 1 aliphatic carbocycles. The van der Waals surface area contributed by atoms with Crippen LogP contribution in [-0.4, -0.2) is 56.6 Å². The van der Waals surface area contributed by atoms with Crippen molar-refractivity contribution in [2.45, 2.75) is 35.5 Å². The molecule has 2 aliphatic rings. The molecule has 10 heteroatoms. The quantitative estimate of drug-likeness (QED) is 0.590. The smallest absolute Gasteiger partial charge is 0.341 e. The second kappa shape index (κ2) is 7.78. The molecule has 3 N–H and O–H groups in total. The van der Waals surface area contributed by atoms with E-state index in [1.54, 1.807) is 30.3 Å². The van der Waals surface area contributed by atoms with Crippen LogP contribution in [0.1, 0.15) is 17.9 Å². The summed E-state index contributed by atoms with van der Waals surface area (Å²) in [6.07, 6.45) is -1.18. The topological polar surface area (TPSA) is 131 Å². The second-order valence-electron chi connectivity index (χ2n) is 7.17. The maximum Gasteiger partial charge on any atom is 0.341 e. The predicted molar refractivity (Wildman–Crippen MR) is 104 cm³/mol. The SMILES string of the molecule is COc1cccc(S(=O)(=O)NC2C(O)CC3Oc4c(OCC(=O)O)cccc4C32)c1. The van der Waals surface area contributed by atoms with E-state index in [1.165, 1.54) is 19.2 Å². The molecule has 0 spiro atoms. The first kappa shape index (κ1) is 20.5. The highest BCUT2D eigenvalue weighted by Gasteiger charge is 2.51. The maximum atomic E-state index is 12.9. The van der Waals surface area contributed by atoms with E-state index in [9.17, 15) is 18.3 Å². The second-order valence-corrected chi connectivity index (χ2v) is 8.88. The summed E-state index contributed by atoms with van der Waals surface area (Å²) in [4.78, 5) is 10.8. The fraction of sp³-hybridized carbons (Fsp3) is 0.350. The Balaban J connectivity index is 1.62. The molecule has 2 aromatic carbocycles. The molecule has 30 heavy (non-hydrogen) atoms. The lowest BCUT2D eigenvalue weighted by Crippen LogP contribution is -2.43. The molecule has 0 saturated heterocycles. The molecule has 1 fully saturated rings. The molecule has 0 bridgehead atoms. The highest BCUT2D eigenvalue weighted by atomic mass is 32.2. The molecule has 1 saturated carbocycles. The minimum atomic E-state index is -3.94. The highest BCUT2D eigenvalue weighted by molar-refractivity contribution is 7.89. The van der Waals surface area contributed by atoms with Gasteiger partial charge in [-0.1, -0.05) is 18.2 Å². The number of ether oxygens (including phenoxy) is 3. The summed E-state index contributed by atoms with van der Waals surface area (Å²) < 4.78 is 44.8. The molecular weight excluding hydrogens is 414 g/mol. The van der Waals surface area contributed by atoms with Gasteiger partial charge in [-0.2, -0.15) is 0 Å². The molecule has 0 radical (unpaired) electrons. The van der Waals surface area contributed by atoms with E-state index in [-0.39, 0.29) is 17.1 Å². The van der Waals surface area contributed by atoms with Gasteiger partial charge in [0.25, 0.3) is 0 Å². The molecule has 0 aromatic heterocycles. The number of rotatable bonds is 7. The number of fused-ring (bicyclic) bond motifs is 3. The van der Waals surface area contributed by atoms with Crippen LogP contribution in [0.2, 0.25) is 0 Å². The zero-order chi connectivity index (χ0) is 21.5. The number of methoxy groups -OCH3 is 1. The maximum absolute atomic E-state index is 12.9. The van der Waals surface area contributed by atoms with E-state index in [0.717, 1.165) is 0 Å². The van der Waals surface area contributed by atoms with E-state index in [1.807, 2.05) is 0 Å². The molecule has 4 unspecified atom stereocenters. The Kier molecular flexibility index (Phi) is 5.31. The minimum Gasteiger partial charge on any atom is -0.497 e. The summed E-state index contributed by atoms with van der Waals surface area (Å²) in [6.45, 7) is -0.524. The fourth-order valence-electron chi connectivity index (χ4n) is 4.01. The van der Waals surface area contributed by atoms with Crippen molar-refractivity contribution in [1.29, 1.82) is 0 Å². The number of aliphatic hydroxyl groups excluding tert-OH is 1. The Labute approximate surface area is 173 Å². The summed E-state index contributed by atoms with van der Waals surface area (Å²) >= 11 is 0. The number of carboxylic acid groups (broad SMARTS) is 1. The van der Waals surface area contributed by atoms with E-state index in [0.29, 0.717) is 17.1 Å². The van der Waals surface area contributed by atoms with Gasteiger partial charge in [-0.15, -0.1) is 0 Å². The largest absolute Gasteiger partial charge is 0.497 e. The van der Waals surface area contributed by atoms with Crippen molar-refractivity contribution in [3.63, 3.8) is 0 Å². The van der Waals surface area contributed by atoms with Crippen molar-refractivity contribution in [2.75, 3.05) is 13.7 Å². The molecule has 1 heterocycles. The first-order chi connectivity index (χ1) is 14.3. The zero-order valence-corrected chi connectivity index (χ0v) is 16.8. The number of aliphatic hydroxyl groups is 1. The molecule has 0 amide bonds. The third-order valence-corrected chi connectivity index (χ3v) is 6.76. The number of carbonyl (C=O) groups is 1. The van der Waals surface area contributed by atoms with Crippen molar-refractivity contribution in [2.24, 2.45) is 0 Å². The van der Waals surface area contributed by atoms with Crippen molar-refractivity contribution >= 4 is 16.0 Å². The van der Waals surface area contributed by atoms with Crippen LogP contribution in [0.25, 0.3) is 0 Å². The van der Waals surface area contributed by atoms with Gasteiger partial charge in [-0.25, -0.2) is 17.9 Å². The first-order valence-electron chi connectivity index (χ1n) is 9.29. The van der Waals surface area contributed by atoms with Gasteiger partial charge in [0.15, 0.2) is 18.1 Å². The third-order valence-electron chi connectivity index (χ3n) is 5.31. The van der Waals surface area contributed by atoms with Crippen LogP contribution in [0.5, 0.6) is 17.2 Å². The summed E-state index contributed by atoms with van der Waals surface area (Å²) in [5.74, 6) is -0.509. The lowest BCUT2D eigenvalue weighted by Gasteiger charge is -2.22. The number of nitrogens with one attached hydrogen (secondary N) is 1. The Morgan fingerprint density at radius 2 is 2.03 bits per heavy atom. The van der Waals surface area contributed by atoms with Gasteiger partial charge in [-0.05, 0) is 18.2 Å². The van der Waals surface area contributed by atoms with E-state index in [2.05, 4.69) is 4.72 Å².